The lowest BCUT2D eigenvalue weighted by molar-refractivity contribution is -0.385. The Morgan fingerprint density at radius 3 is 2.75 bits per heavy atom. The lowest BCUT2D eigenvalue weighted by atomic mass is 10.1. The first-order valence-electron chi connectivity index (χ1n) is 7.36. The van der Waals surface area contributed by atoms with Gasteiger partial charge in [0, 0.05) is 6.07 Å². The minimum atomic E-state index is -0.748. The predicted octanol–water partition coefficient (Wildman–Crippen LogP) is 2.90. The Bertz CT molecular complexity index is 788. The smallest absolute Gasteiger partial charge is 0.345 e. The molecule has 0 radical (unpaired) electrons. The van der Waals surface area contributed by atoms with E-state index < -0.39 is 17.0 Å². The maximum Gasteiger partial charge on any atom is 0.345 e. The molecule has 1 unspecified atom stereocenters. The number of carbonyl (C=O) groups is 1. The third-order valence-electron chi connectivity index (χ3n) is 3.62. The number of benzene rings is 2. The largest absolute Gasteiger partial charge is 0.486 e. The Kier molecular flexibility index (Phi) is 4.33. The van der Waals surface area contributed by atoms with Crippen LogP contribution in [-0.2, 0) is 4.74 Å². The van der Waals surface area contributed by atoms with E-state index >= 15 is 0 Å². The number of nitrogens with zero attached hydrogens (tertiary/aromatic N) is 1. The van der Waals surface area contributed by atoms with Crippen molar-refractivity contribution in [2.75, 3.05) is 13.2 Å². The number of hydrogen-bond acceptors (Lipinski definition) is 6. The summed E-state index contributed by atoms with van der Waals surface area (Å²) in [6.45, 7) is 1.80. The van der Waals surface area contributed by atoms with Crippen molar-refractivity contribution in [1.29, 1.82) is 0 Å². The van der Waals surface area contributed by atoms with Crippen molar-refractivity contribution in [3.63, 3.8) is 0 Å². The number of fused-ring (bicyclic) bond motifs is 1. The van der Waals surface area contributed by atoms with E-state index in [0.29, 0.717) is 17.1 Å². The zero-order chi connectivity index (χ0) is 17.1. The molecule has 0 N–H and O–H groups in total. The second-order valence-electron chi connectivity index (χ2n) is 5.32. The van der Waals surface area contributed by atoms with Crippen LogP contribution in [0.5, 0.6) is 11.5 Å². The fourth-order valence-electron chi connectivity index (χ4n) is 2.46. The van der Waals surface area contributed by atoms with E-state index in [2.05, 4.69) is 0 Å². The van der Waals surface area contributed by atoms with Gasteiger partial charge in [-0.3, -0.25) is 10.1 Å². The van der Waals surface area contributed by atoms with E-state index in [0.717, 1.165) is 0 Å². The van der Waals surface area contributed by atoms with Gasteiger partial charge in [-0.05, 0) is 24.6 Å². The number of ether oxygens (including phenoxy) is 3. The van der Waals surface area contributed by atoms with Crippen LogP contribution in [0.15, 0.2) is 42.5 Å². The molecule has 3 rings (SSSR count). The molecule has 0 amide bonds. The summed E-state index contributed by atoms with van der Waals surface area (Å²) in [7, 11) is 0. The van der Waals surface area contributed by atoms with Crippen LogP contribution < -0.4 is 9.47 Å². The van der Waals surface area contributed by atoms with Gasteiger partial charge in [-0.2, -0.15) is 0 Å². The van der Waals surface area contributed by atoms with Gasteiger partial charge in [-0.15, -0.1) is 0 Å². The lowest BCUT2D eigenvalue weighted by Crippen LogP contribution is -2.34. The fraction of sp³-hybridized carbons (Fsp3) is 0.235. The average molecular weight is 329 g/mol. The molecular formula is C17H15NO6. The molecule has 1 atom stereocenters. The summed E-state index contributed by atoms with van der Waals surface area (Å²) in [4.78, 5) is 22.7. The van der Waals surface area contributed by atoms with Gasteiger partial charge in [-0.1, -0.05) is 24.3 Å². The quantitative estimate of drug-likeness (QED) is 0.487. The molecule has 0 saturated heterocycles. The van der Waals surface area contributed by atoms with E-state index in [4.69, 9.17) is 14.2 Å². The monoisotopic (exact) mass is 329 g/mol. The van der Waals surface area contributed by atoms with E-state index in [-0.39, 0.29) is 24.5 Å². The van der Waals surface area contributed by atoms with Gasteiger partial charge in [-0.25, -0.2) is 4.79 Å². The number of rotatable bonds is 4. The van der Waals surface area contributed by atoms with E-state index in [1.165, 1.54) is 12.1 Å². The predicted molar refractivity (Wildman–Crippen MR) is 84.5 cm³/mol. The van der Waals surface area contributed by atoms with Crippen LogP contribution in [0.4, 0.5) is 5.69 Å². The number of esters is 1. The Labute approximate surface area is 137 Å². The summed E-state index contributed by atoms with van der Waals surface area (Å²) in [5.74, 6) is 0.462. The highest BCUT2D eigenvalue weighted by Gasteiger charge is 2.26. The van der Waals surface area contributed by atoms with Crippen molar-refractivity contribution >= 4 is 11.7 Å². The molecule has 124 valence electrons. The molecule has 2 aromatic carbocycles. The van der Waals surface area contributed by atoms with Gasteiger partial charge < -0.3 is 14.2 Å². The zero-order valence-corrected chi connectivity index (χ0v) is 12.9. The number of nitro benzene ring substituents is 1. The molecule has 2 aromatic rings. The highest BCUT2D eigenvalue weighted by Crippen LogP contribution is 2.31. The van der Waals surface area contributed by atoms with Crippen molar-refractivity contribution in [2.24, 2.45) is 0 Å². The second kappa shape index (κ2) is 6.57. The summed E-state index contributed by atoms with van der Waals surface area (Å²) >= 11 is 0. The second-order valence-corrected chi connectivity index (χ2v) is 5.32. The van der Waals surface area contributed by atoms with Gasteiger partial charge >= 0.3 is 5.97 Å². The first-order chi connectivity index (χ1) is 11.6. The molecular weight excluding hydrogens is 314 g/mol. The van der Waals surface area contributed by atoms with Gasteiger partial charge in [0.05, 0.1) is 4.92 Å². The number of carbonyl (C=O) groups excluding carboxylic acids is 1. The van der Waals surface area contributed by atoms with Gasteiger partial charge in [0.2, 0.25) is 0 Å². The zero-order valence-electron chi connectivity index (χ0n) is 12.9. The maximum atomic E-state index is 12.3. The lowest BCUT2D eigenvalue weighted by Gasteiger charge is -2.26. The molecule has 1 aliphatic heterocycles. The summed E-state index contributed by atoms with van der Waals surface area (Å²) < 4.78 is 16.4. The molecule has 7 heteroatoms. The van der Waals surface area contributed by atoms with Gasteiger partial charge in [0.25, 0.3) is 5.69 Å². The van der Waals surface area contributed by atoms with Crippen molar-refractivity contribution < 1.29 is 23.9 Å². The molecule has 0 fully saturated rings. The minimum absolute atomic E-state index is 0.0420. The van der Waals surface area contributed by atoms with Crippen LogP contribution in [0.1, 0.15) is 15.9 Å². The van der Waals surface area contributed by atoms with Crippen molar-refractivity contribution in [2.45, 2.75) is 13.0 Å². The van der Waals surface area contributed by atoms with Crippen LogP contribution in [0.2, 0.25) is 0 Å². The van der Waals surface area contributed by atoms with E-state index in [1.54, 1.807) is 25.1 Å². The molecule has 0 aliphatic carbocycles. The number of hydrogen-bond donors (Lipinski definition) is 0. The normalized spacial score (nSPS) is 15.6. The Morgan fingerprint density at radius 1 is 1.25 bits per heavy atom. The Morgan fingerprint density at radius 2 is 2.00 bits per heavy atom. The summed E-state index contributed by atoms with van der Waals surface area (Å²) in [5.41, 5.74) is 0.172. The third-order valence-corrected chi connectivity index (χ3v) is 3.62. The van der Waals surface area contributed by atoms with Crippen LogP contribution in [-0.4, -0.2) is 30.2 Å². The van der Waals surface area contributed by atoms with E-state index in [1.807, 2.05) is 12.1 Å². The summed E-state index contributed by atoms with van der Waals surface area (Å²) in [5, 5.41) is 11.1. The molecule has 0 spiro atoms. The first kappa shape index (κ1) is 15.8. The number of nitro groups is 1. The number of aryl methyl sites for hydroxylation is 1. The topological polar surface area (TPSA) is 87.9 Å². The Hall–Kier alpha value is -3.09. The molecule has 1 aliphatic rings. The summed E-state index contributed by atoms with van der Waals surface area (Å²) in [6.07, 6.45) is -0.466. The fourth-order valence-corrected chi connectivity index (χ4v) is 2.46. The van der Waals surface area contributed by atoms with Gasteiger partial charge in [0.15, 0.2) is 17.6 Å². The van der Waals surface area contributed by atoms with E-state index in [9.17, 15) is 14.9 Å². The SMILES string of the molecule is Cc1cccc([N+](=O)[O-])c1C(=O)OCC1COc2ccccc2O1. The van der Waals surface area contributed by atoms with Crippen molar-refractivity contribution in [1.82, 2.24) is 0 Å². The van der Waals surface area contributed by atoms with Crippen molar-refractivity contribution in [3.8, 4) is 11.5 Å². The maximum absolute atomic E-state index is 12.3. The average Bonchev–Trinajstić information content (AvgIpc) is 2.59. The van der Waals surface area contributed by atoms with Crippen LogP contribution in [0.25, 0.3) is 0 Å². The molecule has 24 heavy (non-hydrogen) atoms. The summed E-state index contributed by atoms with van der Waals surface area (Å²) in [6, 6.07) is 11.6. The Balaban J connectivity index is 1.68. The molecule has 0 bridgehead atoms. The van der Waals surface area contributed by atoms with Crippen molar-refractivity contribution in [3.05, 3.63) is 63.7 Å². The van der Waals surface area contributed by atoms with Gasteiger partial charge in [0.1, 0.15) is 18.8 Å². The molecule has 1 heterocycles. The highest BCUT2D eigenvalue weighted by atomic mass is 16.6. The van der Waals surface area contributed by atoms with Crippen LogP contribution in [0, 0.1) is 17.0 Å². The molecule has 0 saturated carbocycles. The minimum Gasteiger partial charge on any atom is -0.486 e. The van der Waals surface area contributed by atoms with Crippen LogP contribution in [0.3, 0.4) is 0 Å². The molecule has 0 aromatic heterocycles. The first-order valence-corrected chi connectivity index (χ1v) is 7.36. The highest BCUT2D eigenvalue weighted by molar-refractivity contribution is 5.95. The molecule has 7 nitrogen and oxygen atoms in total. The number of para-hydroxylation sites is 2. The standard InChI is InChI=1S/C17H15NO6/c1-11-5-4-6-13(18(20)21)16(11)17(19)23-10-12-9-22-14-7-2-3-8-15(14)24-12/h2-8,12H,9-10H2,1H3. The van der Waals surface area contributed by atoms with Crippen LogP contribution >= 0.6 is 0 Å². The third kappa shape index (κ3) is 3.15.